The van der Waals surface area contributed by atoms with E-state index in [9.17, 15) is 47.9 Å². The molecule has 0 bridgehead atoms. The van der Waals surface area contributed by atoms with Gasteiger partial charge in [-0.25, -0.2) is 0 Å². The van der Waals surface area contributed by atoms with Gasteiger partial charge in [0.05, 0.1) is 94.5 Å². The minimum absolute atomic E-state index is 0.290. The van der Waals surface area contributed by atoms with Crippen LogP contribution in [0.5, 0.6) is 0 Å². The van der Waals surface area contributed by atoms with Crippen LogP contribution >= 0.6 is 0 Å². The van der Waals surface area contributed by atoms with Crippen molar-refractivity contribution in [2.24, 2.45) is 11.5 Å². The van der Waals surface area contributed by atoms with Gasteiger partial charge in [-0.15, -0.1) is 0 Å². The van der Waals surface area contributed by atoms with Crippen LogP contribution in [0.15, 0.2) is 47.9 Å². The van der Waals surface area contributed by atoms with E-state index in [1.165, 1.54) is 0 Å². The van der Waals surface area contributed by atoms with E-state index in [2.05, 4.69) is 26.6 Å². The zero-order valence-corrected chi connectivity index (χ0v) is 58.8. The number of nitrogens with two attached hydrogens (primary N) is 2. The van der Waals surface area contributed by atoms with Crippen molar-refractivity contribution in [3.05, 3.63) is 130 Å². The maximum atomic E-state index is 11.7. The maximum Gasteiger partial charge on any atom is 0.249 e. The van der Waals surface area contributed by atoms with Crippen molar-refractivity contribution in [2.75, 3.05) is 200 Å². The molecule has 0 unspecified atom stereocenters. The fourth-order valence-electron chi connectivity index (χ4n) is 9.35. The van der Waals surface area contributed by atoms with Gasteiger partial charge in [0.15, 0.2) is 0 Å². The van der Waals surface area contributed by atoms with Crippen LogP contribution in [0.4, 0.5) is 28.4 Å². The average molecular weight is 1290 g/mol. The zero-order valence-electron chi connectivity index (χ0n) is 58.8. The molecule has 0 aliphatic rings. The number of hydrogen-bond acceptors (Lipinski definition) is 25. The molecule has 0 fully saturated rings. The summed E-state index contributed by atoms with van der Waals surface area (Å²) in [4.78, 5) is 121. The van der Waals surface area contributed by atoms with Crippen LogP contribution in [-0.4, -0.2) is 179 Å². The molecule has 0 radical (unpaired) electrons. The number of anilines is 5. The largest absolute Gasteiger partial charge is 0.379 e. The molecule has 9 N–H and O–H groups in total. The molecular formula is C66H112N10O15. The Hall–Kier alpha value is -6.00. The topological polar surface area (TPSA) is 339 Å². The first-order chi connectivity index (χ1) is 42.1. The van der Waals surface area contributed by atoms with Crippen LogP contribution < -0.4 is 102 Å². The van der Waals surface area contributed by atoms with Crippen LogP contribution in [0.3, 0.4) is 0 Å². The van der Waals surface area contributed by atoms with Crippen molar-refractivity contribution >= 4 is 28.4 Å². The van der Waals surface area contributed by atoms with Crippen molar-refractivity contribution in [1.82, 2.24) is 15.5 Å². The quantitative estimate of drug-likeness (QED) is 0.0228. The number of hydrogen-bond donors (Lipinski definition) is 7. The molecule has 516 valence electrons. The smallest absolute Gasteiger partial charge is 0.249 e. The second kappa shape index (κ2) is 38.2. The standard InChI is InChI=1S/2C14H24N2O3.2C13H22N2O3.C12H20N2O3/c1-14(2,3)10-11(13(18)12(10)17)15-6-8-19-9-7-16(4)5;1-14(2,3)10-11(13(18)12(10)17)16(5)7-9-19-8-6-15-4;1-13(2,3)9-10(12(17)11(9)16)15(4)6-8-18-7-5-14;1-13(2,3)9-10(12(17)11(9)16)15-6-8-18-7-5-14-4;1-12(2,3)8-9(11(16)10(8)15)14-5-7-17-6-4-13/h2*15H,6-9H2,1-5H3;5-8,14H2,1-4H3;14-15H,5-8H2,1-4H3;14H,4-7,13H2,1-3H3. The zero-order chi connectivity index (χ0) is 70.0. The summed E-state index contributed by atoms with van der Waals surface area (Å²) >= 11 is 0. The normalized spacial score (nSPS) is 12.1. The SMILES string of the molecule is CC(C)(C)c1c(NCCOCCN)c(=O)c1=O.CN(C)CCOCCNc1c(C(C)(C)C)c(=O)c1=O.CN(CCOCCN)c1c(C(C)(C)C)c(=O)c1=O.CNCCOCCN(C)c1c(C(C)(C)C)c(=O)c1=O.CNCCOCCNc1c(C(C)(C)C)c(=O)c1=O. The Morgan fingerprint density at radius 1 is 0.308 bits per heavy atom. The minimum atomic E-state index is -0.422. The van der Waals surface area contributed by atoms with Gasteiger partial charge >= 0.3 is 0 Å². The lowest BCUT2D eigenvalue weighted by Gasteiger charge is -2.29. The summed E-state index contributed by atoms with van der Waals surface area (Å²) in [5.41, 5.74) is 10.8. The number of rotatable bonds is 33. The summed E-state index contributed by atoms with van der Waals surface area (Å²) in [6, 6.07) is 0. The Morgan fingerprint density at radius 3 is 0.791 bits per heavy atom. The first-order valence-electron chi connectivity index (χ1n) is 31.2. The molecular weight excluding hydrogens is 1170 g/mol. The Kier molecular flexibility index (Phi) is 34.9. The highest BCUT2D eigenvalue weighted by Crippen LogP contribution is 2.30. The van der Waals surface area contributed by atoms with Gasteiger partial charge in [0.25, 0.3) is 0 Å². The van der Waals surface area contributed by atoms with Crippen molar-refractivity contribution < 1.29 is 23.7 Å². The summed E-state index contributed by atoms with van der Waals surface area (Å²) in [6.07, 6.45) is 0. The van der Waals surface area contributed by atoms with E-state index in [1.807, 2.05) is 149 Å². The molecule has 0 atom stereocenters. The maximum absolute atomic E-state index is 11.7. The van der Waals surface area contributed by atoms with E-state index in [1.54, 1.807) is 11.9 Å². The molecule has 5 rings (SSSR count). The third kappa shape index (κ3) is 25.4. The fraction of sp³-hybridized carbons (Fsp3) is 0.697. The summed E-state index contributed by atoms with van der Waals surface area (Å²) in [5, 5.41) is 14.9. The molecule has 5 aromatic carbocycles. The lowest BCUT2D eigenvalue weighted by atomic mass is 9.82. The molecule has 5 aromatic rings. The molecule has 25 nitrogen and oxygen atoms in total. The van der Waals surface area contributed by atoms with E-state index in [-0.39, 0.29) is 65.1 Å². The van der Waals surface area contributed by atoms with E-state index in [4.69, 9.17) is 35.2 Å². The Morgan fingerprint density at radius 2 is 0.538 bits per heavy atom. The average Bonchev–Trinajstić information content (AvgIpc) is 0.795. The summed E-state index contributed by atoms with van der Waals surface area (Å²) < 4.78 is 26.6. The highest BCUT2D eigenvalue weighted by atomic mass is 16.5. The van der Waals surface area contributed by atoms with E-state index in [0.29, 0.717) is 168 Å². The molecule has 25 heteroatoms. The van der Waals surface area contributed by atoms with E-state index in [0.717, 1.165) is 19.6 Å². The van der Waals surface area contributed by atoms with Gasteiger partial charge in [-0.2, -0.15) is 0 Å². The fourth-order valence-corrected chi connectivity index (χ4v) is 9.35. The molecule has 0 aliphatic carbocycles. The van der Waals surface area contributed by atoms with Gasteiger partial charge in [-0.1, -0.05) is 104 Å². The predicted octanol–water partition coefficient (Wildman–Crippen LogP) is 1.01. The highest BCUT2D eigenvalue weighted by Gasteiger charge is 2.35. The van der Waals surface area contributed by atoms with E-state index < -0.39 is 16.3 Å². The van der Waals surface area contributed by atoms with Gasteiger partial charge in [0.1, 0.15) is 0 Å². The lowest BCUT2D eigenvalue weighted by Crippen LogP contribution is -2.47. The van der Waals surface area contributed by atoms with Crippen molar-refractivity contribution in [3.8, 4) is 0 Å². The van der Waals surface area contributed by atoms with Gasteiger partial charge in [0.2, 0.25) is 54.3 Å². The highest BCUT2D eigenvalue weighted by molar-refractivity contribution is 5.63. The minimum Gasteiger partial charge on any atom is -0.379 e. The first kappa shape index (κ1) is 83.0. The first-order valence-corrected chi connectivity index (χ1v) is 31.2. The molecule has 0 aliphatic heterocycles. The molecule has 0 aromatic heterocycles. The van der Waals surface area contributed by atoms with Gasteiger partial charge in [0, 0.05) is 107 Å². The van der Waals surface area contributed by atoms with Crippen LogP contribution in [0.25, 0.3) is 0 Å². The molecule has 0 heterocycles. The predicted molar refractivity (Wildman–Crippen MR) is 371 cm³/mol. The summed E-state index contributed by atoms with van der Waals surface area (Å²) in [6.45, 7) is 40.7. The second-order valence-corrected chi connectivity index (χ2v) is 27.5. The van der Waals surface area contributed by atoms with Crippen molar-refractivity contribution in [3.63, 3.8) is 0 Å². The van der Waals surface area contributed by atoms with Crippen molar-refractivity contribution in [1.29, 1.82) is 0 Å². The number of nitrogens with one attached hydrogen (secondary N) is 5. The van der Waals surface area contributed by atoms with Crippen LogP contribution in [0.2, 0.25) is 0 Å². The molecule has 0 amide bonds. The summed E-state index contributed by atoms with van der Waals surface area (Å²) in [7, 11) is 11.3. The molecule has 0 saturated heterocycles. The molecule has 0 saturated carbocycles. The summed E-state index contributed by atoms with van der Waals surface area (Å²) in [5.74, 6) is 0. The van der Waals surface area contributed by atoms with Gasteiger partial charge < -0.3 is 76.4 Å². The Balaban J connectivity index is 0.000000569. The van der Waals surface area contributed by atoms with E-state index >= 15 is 0 Å². The monoisotopic (exact) mass is 1280 g/mol. The molecule has 0 spiro atoms. The third-order valence-corrected chi connectivity index (χ3v) is 14.0. The number of likely N-dealkylation sites (N-methyl/N-ethyl adjacent to an activating group) is 5. The van der Waals surface area contributed by atoms with Gasteiger partial charge in [-0.3, -0.25) is 47.9 Å². The lowest BCUT2D eigenvalue weighted by molar-refractivity contribution is 0.126. The Bertz CT molecular complexity index is 3350. The van der Waals surface area contributed by atoms with Gasteiger partial charge in [-0.05, 0) is 55.3 Å². The number of ether oxygens (including phenoxy) is 5. The van der Waals surface area contributed by atoms with Crippen LogP contribution in [0.1, 0.15) is 132 Å². The Labute approximate surface area is 537 Å². The van der Waals surface area contributed by atoms with Crippen molar-refractivity contribution in [2.45, 2.75) is 131 Å². The third-order valence-electron chi connectivity index (χ3n) is 14.0. The molecule has 91 heavy (non-hydrogen) atoms. The second-order valence-electron chi connectivity index (χ2n) is 27.5. The van der Waals surface area contributed by atoms with Crippen LogP contribution in [-0.2, 0) is 50.8 Å². The number of nitrogens with zero attached hydrogens (tertiary/aromatic N) is 3. The van der Waals surface area contributed by atoms with Crippen LogP contribution in [0, 0.1) is 0 Å².